The summed E-state index contributed by atoms with van der Waals surface area (Å²) in [5, 5.41) is 11.8. The summed E-state index contributed by atoms with van der Waals surface area (Å²) in [5.41, 5.74) is 3.01. The fraction of sp³-hybridized carbons (Fsp3) is 0.500. The van der Waals surface area contributed by atoms with Gasteiger partial charge >= 0.3 is 5.97 Å². The highest BCUT2D eigenvalue weighted by Gasteiger charge is 2.22. The molecule has 1 aromatic rings. The van der Waals surface area contributed by atoms with E-state index in [1.54, 1.807) is 11.8 Å². The van der Waals surface area contributed by atoms with Gasteiger partial charge in [-0.05, 0) is 57.0 Å². The normalized spacial score (nSPS) is 12.2. The molecule has 1 rings (SSSR count). The molecule has 0 aliphatic carbocycles. The number of anilines is 1. The fourth-order valence-corrected chi connectivity index (χ4v) is 2.10. The number of carboxylic acid groups (broad SMARTS) is 1. The summed E-state index contributed by atoms with van der Waals surface area (Å²) in [6.45, 7) is 8.14. The fourth-order valence-electron chi connectivity index (χ4n) is 2.10. The van der Waals surface area contributed by atoms with Crippen LogP contribution < -0.4 is 5.32 Å². The molecule has 0 aliphatic rings. The van der Waals surface area contributed by atoms with Crippen LogP contribution in [0.3, 0.4) is 0 Å². The van der Waals surface area contributed by atoms with Gasteiger partial charge in [0, 0.05) is 5.69 Å². The Balaban J connectivity index is 2.75. The van der Waals surface area contributed by atoms with Crippen molar-refractivity contribution >= 4 is 17.6 Å². The van der Waals surface area contributed by atoms with Crippen LogP contribution in [-0.4, -0.2) is 41.0 Å². The Morgan fingerprint density at radius 2 is 1.95 bits per heavy atom. The smallest absolute Gasteiger partial charge is 0.317 e. The van der Waals surface area contributed by atoms with E-state index < -0.39 is 12.0 Å². The Kier molecular flexibility index (Phi) is 6.37. The molecule has 5 nitrogen and oxygen atoms in total. The maximum absolute atomic E-state index is 12.3. The van der Waals surface area contributed by atoms with Crippen molar-refractivity contribution in [3.63, 3.8) is 0 Å². The number of hydrogen-bond donors (Lipinski definition) is 2. The van der Waals surface area contributed by atoms with Gasteiger partial charge in [-0.3, -0.25) is 14.5 Å². The van der Waals surface area contributed by atoms with Crippen LogP contribution >= 0.6 is 0 Å². The van der Waals surface area contributed by atoms with Crippen LogP contribution in [0.4, 0.5) is 5.69 Å². The van der Waals surface area contributed by atoms with Gasteiger partial charge < -0.3 is 10.4 Å². The van der Waals surface area contributed by atoms with E-state index in [9.17, 15) is 9.59 Å². The number of carbonyl (C=O) groups excluding carboxylic acids is 1. The number of aliphatic carboxylic acids is 1. The Morgan fingerprint density at radius 3 is 2.48 bits per heavy atom. The zero-order valence-corrected chi connectivity index (χ0v) is 13.1. The standard InChI is InChI=1S/C16H24N2O3/c1-5-8-18(10-15(19)20)13(4)16(21)17-14-7-6-11(2)12(3)9-14/h6-7,9,13H,5,8,10H2,1-4H3,(H,17,21)(H,19,20). The van der Waals surface area contributed by atoms with Crippen LogP contribution in [0, 0.1) is 13.8 Å². The Hall–Kier alpha value is -1.88. The highest BCUT2D eigenvalue weighted by atomic mass is 16.4. The van der Waals surface area contributed by atoms with Gasteiger partial charge in [-0.2, -0.15) is 0 Å². The number of carboxylic acids is 1. The summed E-state index contributed by atoms with van der Waals surface area (Å²) >= 11 is 0. The average Bonchev–Trinajstić information content (AvgIpc) is 2.41. The van der Waals surface area contributed by atoms with Crippen molar-refractivity contribution in [3.8, 4) is 0 Å². The molecule has 0 spiro atoms. The van der Waals surface area contributed by atoms with Gasteiger partial charge in [-0.1, -0.05) is 13.0 Å². The van der Waals surface area contributed by atoms with Gasteiger partial charge in [0.05, 0.1) is 12.6 Å². The molecule has 0 radical (unpaired) electrons. The third-order valence-corrected chi connectivity index (χ3v) is 3.55. The lowest BCUT2D eigenvalue weighted by molar-refractivity contribution is -0.139. The van der Waals surface area contributed by atoms with Crippen LogP contribution in [-0.2, 0) is 9.59 Å². The molecule has 0 fully saturated rings. The number of aryl methyl sites for hydroxylation is 2. The van der Waals surface area contributed by atoms with Crippen molar-refractivity contribution in [2.75, 3.05) is 18.4 Å². The molecule has 1 amide bonds. The lowest BCUT2D eigenvalue weighted by Crippen LogP contribution is -2.44. The lowest BCUT2D eigenvalue weighted by Gasteiger charge is -2.26. The number of benzene rings is 1. The van der Waals surface area contributed by atoms with Crippen LogP contribution in [0.15, 0.2) is 18.2 Å². The van der Waals surface area contributed by atoms with E-state index in [1.807, 2.05) is 39.0 Å². The molecule has 1 aromatic carbocycles. The zero-order chi connectivity index (χ0) is 16.0. The monoisotopic (exact) mass is 292 g/mol. The summed E-state index contributed by atoms with van der Waals surface area (Å²) < 4.78 is 0. The Labute approximate surface area is 126 Å². The Morgan fingerprint density at radius 1 is 1.29 bits per heavy atom. The van der Waals surface area contributed by atoms with Crippen molar-refractivity contribution in [2.45, 2.75) is 40.2 Å². The predicted octanol–water partition coefficient (Wildman–Crippen LogP) is 2.43. The topological polar surface area (TPSA) is 69.6 Å². The molecule has 0 aromatic heterocycles. The quantitative estimate of drug-likeness (QED) is 0.810. The lowest BCUT2D eigenvalue weighted by atomic mass is 10.1. The first-order chi connectivity index (χ1) is 9.85. The van der Waals surface area contributed by atoms with Crippen LogP contribution in [0.1, 0.15) is 31.4 Å². The molecular formula is C16H24N2O3. The van der Waals surface area contributed by atoms with E-state index in [1.165, 1.54) is 5.56 Å². The van der Waals surface area contributed by atoms with Crippen LogP contribution in [0.25, 0.3) is 0 Å². The molecule has 5 heteroatoms. The van der Waals surface area contributed by atoms with Gasteiger partial charge in [0.2, 0.25) is 5.91 Å². The molecule has 0 saturated carbocycles. The maximum atomic E-state index is 12.3. The molecular weight excluding hydrogens is 268 g/mol. The minimum absolute atomic E-state index is 0.130. The van der Waals surface area contributed by atoms with E-state index >= 15 is 0 Å². The molecule has 0 aliphatic heterocycles. The van der Waals surface area contributed by atoms with E-state index in [-0.39, 0.29) is 12.5 Å². The first-order valence-electron chi connectivity index (χ1n) is 7.19. The van der Waals surface area contributed by atoms with Gasteiger partial charge in [-0.25, -0.2) is 0 Å². The summed E-state index contributed by atoms with van der Waals surface area (Å²) in [6, 6.07) is 5.24. The molecule has 0 heterocycles. The maximum Gasteiger partial charge on any atom is 0.317 e. The second-order valence-corrected chi connectivity index (χ2v) is 5.33. The number of nitrogens with zero attached hydrogens (tertiary/aromatic N) is 1. The summed E-state index contributed by atoms with van der Waals surface area (Å²) in [6.07, 6.45) is 0.800. The minimum atomic E-state index is -0.922. The summed E-state index contributed by atoms with van der Waals surface area (Å²) in [5.74, 6) is -1.11. The largest absolute Gasteiger partial charge is 0.480 e. The minimum Gasteiger partial charge on any atom is -0.480 e. The van der Waals surface area contributed by atoms with E-state index in [2.05, 4.69) is 5.32 Å². The van der Waals surface area contributed by atoms with Gasteiger partial charge in [0.25, 0.3) is 0 Å². The number of amides is 1. The van der Waals surface area contributed by atoms with Crippen molar-refractivity contribution in [1.29, 1.82) is 0 Å². The van der Waals surface area contributed by atoms with E-state index in [4.69, 9.17) is 5.11 Å². The Bertz CT molecular complexity index is 514. The number of rotatable bonds is 7. The predicted molar refractivity (Wildman–Crippen MR) is 83.5 cm³/mol. The molecule has 1 atom stereocenters. The van der Waals surface area contributed by atoms with Crippen LogP contribution in [0.2, 0.25) is 0 Å². The highest BCUT2D eigenvalue weighted by Crippen LogP contribution is 2.15. The van der Waals surface area contributed by atoms with Crippen molar-refractivity contribution in [3.05, 3.63) is 29.3 Å². The second kappa shape index (κ2) is 7.78. The SMILES string of the molecule is CCCN(CC(=O)O)C(C)C(=O)Nc1ccc(C)c(C)c1. The molecule has 21 heavy (non-hydrogen) atoms. The second-order valence-electron chi connectivity index (χ2n) is 5.33. The third-order valence-electron chi connectivity index (χ3n) is 3.55. The summed E-state index contributed by atoms with van der Waals surface area (Å²) in [4.78, 5) is 24.8. The molecule has 116 valence electrons. The molecule has 0 saturated heterocycles. The third kappa shape index (κ3) is 5.19. The van der Waals surface area contributed by atoms with E-state index in [0.29, 0.717) is 6.54 Å². The van der Waals surface area contributed by atoms with Gasteiger partial charge in [-0.15, -0.1) is 0 Å². The first kappa shape index (κ1) is 17.2. The summed E-state index contributed by atoms with van der Waals surface area (Å²) in [7, 11) is 0. The number of hydrogen-bond acceptors (Lipinski definition) is 3. The van der Waals surface area contributed by atoms with E-state index in [0.717, 1.165) is 17.7 Å². The van der Waals surface area contributed by atoms with Crippen LogP contribution in [0.5, 0.6) is 0 Å². The van der Waals surface area contributed by atoms with Crippen molar-refractivity contribution in [2.24, 2.45) is 0 Å². The molecule has 0 bridgehead atoms. The first-order valence-corrected chi connectivity index (χ1v) is 7.19. The number of carbonyl (C=O) groups is 2. The van der Waals surface area contributed by atoms with Crippen molar-refractivity contribution in [1.82, 2.24) is 4.90 Å². The molecule has 1 unspecified atom stereocenters. The molecule has 2 N–H and O–H groups in total. The highest BCUT2D eigenvalue weighted by molar-refractivity contribution is 5.94. The number of nitrogens with one attached hydrogen (secondary N) is 1. The zero-order valence-electron chi connectivity index (χ0n) is 13.1. The van der Waals surface area contributed by atoms with Gasteiger partial charge in [0.15, 0.2) is 0 Å². The van der Waals surface area contributed by atoms with Gasteiger partial charge in [0.1, 0.15) is 0 Å². The van der Waals surface area contributed by atoms with Crippen molar-refractivity contribution < 1.29 is 14.7 Å². The average molecular weight is 292 g/mol.